The molecule has 11 heteroatoms. The van der Waals surface area contributed by atoms with E-state index in [9.17, 15) is 4.79 Å². The third kappa shape index (κ3) is 7.59. The average molecular weight is 680 g/mol. The summed E-state index contributed by atoms with van der Waals surface area (Å²) in [5.74, 6) is 2.04. The Morgan fingerprint density at radius 2 is 1.62 bits per heavy atom. The SMILES string of the molecule is COc1cc(OC)c(CNC(=O)[C@]2(Cc3ccccc3)N=C(c3ccc(OCCCO)cc3)O[C@@H]2c2ccc(Cl)cc2Cl)c(OC)c1. The van der Waals surface area contributed by atoms with Crippen LogP contribution in [0.25, 0.3) is 0 Å². The number of aliphatic hydroxyl groups excluding tert-OH is 1. The first-order chi connectivity index (χ1) is 22.8. The first kappa shape index (κ1) is 33.9. The third-order valence-corrected chi connectivity index (χ3v) is 8.40. The summed E-state index contributed by atoms with van der Waals surface area (Å²) in [4.78, 5) is 19.8. The van der Waals surface area contributed by atoms with E-state index in [1.54, 1.807) is 63.8 Å². The number of aliphatic imine (C=N–C) groups is 1. The molecule has 0 aromatic heterocycles. The fourth-order valence-corrected chi connectivity index (χ4v) is 5.96. The van der Waals surface area contributed by atoms with Crippen LogP contribution in [-0.2, 0) is 22.5 Å². The number of nitrogens with zero attached hydrogens (tertiary/aromatic N) is 1. The lowest BCUT2D eigenvalue weighted by molar-refractivity contribution is -0.129. The molecule has 0 bridgehead atoms. The van der Waals surface area contributed by atoms with Gasteiger partial charge in [0.1, 0.15) is 23.0 Å². The minimum atomic E-state index is -1.49. The Morgan fingerprint density at radius 3 is 2.23 bits per heavy atom. The molecule has 1 heterocycles. The summed E-state index contributed by atoms with van der Waals surface area (Å²) in [6, 6.07) is 25.4. The summed E-state index contributed by atoms with van der Waals surface area (Å²) in [5.41, 5.74) is 1.22. The highest BCUT2D eigenvalue weighted by molar-refractivity contribution is 6.35. The fourth-order valence-electron chi connectivity index (χ4n) is 5.45. The van der Waals surface area contributed by atoms with E-state index >= 15 is 0 Å². The van der Waals surface area contributed by atoms with E-state index in [0.29, 0.717) is 62.8 Å². The van der Waals surface area contributed by atoms with Crippen molar-refractivity contribution in [2.75, 3.05) is 34.5 Å². The van der Waals surface area contributed by atoms with Crippen molar-refractivity contribution in [1.82, 2.24) is 5.32 Å². The van der Waals surface area contributed by atoms with Gasteiger partial charge >= 0.3 is 0 Å². The van der Waals surface area contributed by atoms with E-state index < -0.39 is 17.6 Å². The van der Waals surface area contributed by atoms with E-state index in [-0.39, 0.29) is 25.5 Å². The number of ether oxygens (including phenoxy) is 5. The predicted molar refractivity (Wildman–Crippen MR) is 181 cm³/mol. The number of nitrogens with one attached hydrogen (secondary N) is 1. The Bertz CT molecular complexity index is 1690. The number of rotatable bonds is 14. The monoisotopic (exact) mass is 678 g/mol. The highest BCUT2D eigenvalue weighted by Gasteiger charge is 2.54. The lowest BCUT2D eigenvalue weighted by Crippen LogP contribution is -2.49. The number of benzene rings is 4. The third-order valence-electron chi connectivity index (χ3n) is 7.83. The van der Waals surface area contributed by atoms with Gasteiger partial charge in [-0.15, -0.1) is 0 Å². The molecule has 246 valence electrons. The topological polar surface area (TPSA) is 108 Å². The van der Waals surface area contributed by atoms with Crippen LogP contribution < -0.4 is 24.3 Å². The van der Waals surface area contributed by atoms with Crippen LogP contribution in [0.2, 0.25) is 10.0 Å². The summed E-state index contributed by atoms with van der Waals surface area (Å²) in [7, 11) is 4.64. The summed E-state index contributed by atoms with van der Waals surface area (Å²) in [6.07, 6.45) is -0.193. The standard InChI is InChI=1S/C36H36Cl2N2O7/c1-43-27-19-31(44-2)29(32(20-27)45-3)22-39-35(42)36(21-23-8-5-4-6-9-23)33(28-15-12-25(37)18-30(28)38)47-34(40-36)24-10-13-26(14-11-24)46-17-7-16-41/h4-6,8-15,18-20,33,41H,7,16-17,21-22H2,1-3H3,(H,39,42)/t33-,36-/m1/s1. The number of carbonyl (C=O) groups is 1. The van der Waals surface area contributed by atoms with Gasteiger partial charge in [0.15, 0.2) is 11.6 Å². The molecule has 5 rings (SSSR count). The molecule has 0 spiro atoms. The Morgan fingerprint density at radius 1 is 0.915 bits per heavy atom. The maximum atomic E-state index is 14.7. The molecule has 0 fully saturated rings. The molecule has 9 nitrogen and oxygen atoms in total. The van der Waals surface area contributed by atoms with Crippen molar-refractivity contribution in [1.29, 1.82) is 0 Å². The number of hydrogen-bond acceptors (Lipinski definition) is 8. The molecule has 0 unspecified atom stereocenters. The van der Waals surface area contributed by atoms with Crippen molar-refractivity contribution in [3.8, 4) is 23.0 Å². The van der Waals surface area contributed by atoms with Gasteiger partial charge in [-0.05, 0) is 42.0 Å². The molecule has 2 atom stereocenters. The van der Waals surface area contributed by atoms with Gasteiger partial charge in [0.2, 0.25) is 5.90 Å². The van der Waals surface area contributed by atoms with Crippen molar-refractivity contribution >= 4 is 35.0 Å². The quantitative estimate of drug-likeness (QED) is 0.145. The van der Waals surface area contributed by atoms with Gasteiger partial charge in [-0.3, -0.25) is 4.79 Å². The second kappa shape index (κ2) is 15.4. The molecular formula is C36H36Cl2N2O7. The zero-order chi connectivity index (χ0) is 33.4. The molecule has 0 aliphatic carbocycles. The summed E-state index contributed by atoms with van der Waals surface area (Å²) >= 11 is 13.1. The smallest absolute Gasteiger partial charge is 0.252 e. The van der Waals surface area contributed by atoms with Gasteiger partial charge in [-0.25, -0.2) is 4.99 Å². The van der Waals surface area contributed by atoms with Gasteiger partial charge in [0, 0.05) is 52.8 Å². The molecule has 0 saturated carbocycles. The van der Waals surface area contributed by atoms with E-state index in [0.717, 1.165) is 5.56 Å². The molecule has 4 aromatic carbocycles. The lowest BCUT2D eigenvalue weighted by atomic mass is 9.82. The Hall–Kier alpha value is -4.44. The number of hydrogen-bond donors (Lipinski definition) is 2. The van der Waals surface area contributed by atoms with Crippen LogP contribution in [-0.4, -0.2) is 57.0 Å². The molecule has 2 N–H and O–H groups in total. The molecule has 47 heavy (non-hydrogen) atoms. The van der Waals surface area contributed by atoms with Crippen molar-refractivity contribution in [2.24, 2.45) is 4.99 Å². The highest BCUT2D eigenvalue weighted by atomic mass is 35.5. The van der Waals surface area contributed by atoms with Crippen LogP contribution in [0.3, 0.4) is 0 Å². The van der Waals surface area contributed by atoms with Gasteiger partial charge in [-0.1, -0.05) is 59.6 Å². The Balaban J connectivity index is 1.59. The largest absolute Gasteiger partial charge is 0.496 e. The Kier molecular flexibility index (Phi) is 11.1. The maximum Gasteiger partial charge on any atom is 0.252 e. The average Bonchev–Trinajstić information content (AvgIpc) is 3.47. The number of carbonyl (C=O) groups excluding carboxylic acids is 1. The minimum Gasteiger partial charge on any atom is -0.496 e. The van der Waals surface area contributed by atoms with E-state index in [1.807, 2.05) is 42.5 Å². The number of amides is 1. The van der Waals surface area contributed by atoms with Crippen molar-refractivity contribution < 1.29 is 33.6 Å². The first-order valence-electron chi connectivity index (χ1n) is 15.0. The first-order valence-corrected chi connectivity index (χ1v) is 15.7. The van der Waals surface area contributed by atoms with E-state index in [2.05, 4.69) is 5.32 Å². The van der Waals surface area contributed by atoms with Crippen molar-refractivity contribution in [3.63, 3.8) is 0 Å². The maximum absolute atomic E-state index is 14.7. The molecule has 1 aliphatic heterocycles. The van der Waals surface area contributed by atoms with Crippen molar-refractivity contribution in [3.05, 3.63) is 117 Å². The number of halogens is 2. The second-order valence-electron chi connectivity index (χ2n) is 10.8. The summed E-state index contributed by atoms with van der Waals surface area (Å²) < 4.78 is 28.9. The zero-order valence-corrected chi connectivity index (χ0v) is 27.8. The van der Waals surface area contributed by atoms with Crippen LogP contribution >= 0.6 is 23.2 Å². The summed E-state index contributed by atoms with van der Waals surface area (Å²) in [5, 5.41) is 13.0. The second-order valence-corrected chi connectivity index (χ2v) is 11.7. The fraction of sp³-hybridized carbons (Fsp3) is 0.278. The van der Waals surface area contributed by atoms with Gasteiger partial charge < -0.3 is 34.1 Å². The van der Waals surface area contributed by atoms with Crippen LogP contribution in [0.4, 0.5) is 0 Å². The molecule has 1 aliphatic rings. The minimum absolute atomic E-state index is 0.0426. The van der Waals surface area contributed by atoms with Gasteiger partial charge in [-0.2, -0.15) is 0 Å². The lowest BCUT2D eigenvalue weighted by Gasteiger charge is -2.31. The number of methoxy groups -OCH3 is 3. The Labute approximate surface area is 284 Å². The molecule has 4 aromatic rings. The molecular weight excluding hydrogens is 643 g/mol. The van der Waals surface area contributed by atoms with Crippen molar-refractivity contribution in [2.45, 2.75) is 31.0 Å². The van der Waals surface area contributed by atoms with Crippen LogP contribution in [0, 0.1) is 0 Å². The number of aliphatic hydroxyl groups is 1. The van der Waals surface area contributed by atoms with E-state index in [4.69, 9.17) is 57.0 Å². The van der Waals surface area contributed by atoms with Gasteiger partial charge in [0.05, 0.1) is 40.0 Å². The van der Waals surface area contributed by atoms with Crippen LogP contribution in [0.5, 0.6) is 23.0 Å². The summed E-state index contributed by atoms with van der Waals surface area (Å²) in [6.45, 7) is 0.493. The van der Waals surface area contributed by atoms with Gasteiger partial charge in [0.25, 0.3) is 5.91 Å². The van der Waals surface area contributed by atoms with E-state index in [1.165, 1.54) is 0 Å². The highest BCUT2D eigenvalue weighted by Crippen LogP contribution is 2.45. The van der Waals surface area contributed by atoms with Crippen LogP contribution in [0.1, 0.15) is 34.8 Å². The molecule has 1 amide bonds. The molecule has 0 radical (unpaired) electrons. The molecule has 0 saturated heterocycles. The zero-order valence-electron chi connectivity index (χ0n) is 26.3. The normalized spacial score (nSPS) is 17.0. The predicted octanol–water partition coefficient (Wildman–Crippen LogP) is 6.60. The van der Waals surface area contributed by atoms with Crippen LogP contribution in [0.15, 0.2) is 89.9 Å².